The van der Waals surface area contributed by atoms with Crippen molar-refractivity contribution in [3.63, 3.8) is 0 Å². The Morgan fingerprint density at radius 1 is 1.30 bits per heavy atom. The molecule has 3 fully saturated rings. The summed E-state index contributed by atoms with van der Waals surface area (Å²) in [7, 11) is 0. The number of benzene rings is 1. The third-order valence-corrected chi connectivity index (χ3v) is 6.58. The molecule has 0 aromatic heterocycles. The molecule has 4 atom stereocenters. The first kappa shape index (κ1) is 17.0. The summed E-state index contributed by atoms with van der Waals surface area (Å²) >= 11 is 0. The minimum atomic E-state index is -0.675. The summed E-state index contributed by atoms with van der Waals surface area (Å²) in [6.07, 6.45) is 3.14. The fourth-order valence-corrected chi connectivity index (χ4v) is 4.96. The van der Waals surface area contributed by atoms with Crippen molar-refractivity contribution in [1.82, 2.24) is 9.80 Å². The lowest BCUT2D eigenvalue weighted by Gasteiger charge is -2.39. The zero-order chi connectivity index (χ0) is 18.9. The van der Waals surface area contributed by atoms with Crippen molar-refractivity contribution in [3.05, 3.63) is 47.0 Å². The highest BCUT2D eigenvalue weighted by atomic mass is 16.5. The maximum Gasteiger partial charge on any atom is 0.230 e. The molecule has 3 saturated heterocycles. The second-order valence-electron chi connectivity index (χ2n) is 8.41. The minimum Gasteiger partial charge on any atom is -0.389 e. The minimum absolute atomic E-state index is 0.000463. The van der Waals surface area contributed by atoms with E-state index < -0.39 is 23.5 Å². The van der Waals surface area contributed by atoms with Gasteiger partial charge in [-0.1, -0.05) is 30.4 Å². The molecule has 2 amide bonds. The number of fused-ring (bicyclic) bond motifs is 1. The average Bonchev–Trinajstić information content (AvgIpc) is 3.23. The predicted octanol–water partition coefficient (Wildman–Crippen LogP) is 0.789. The van der Waals surface area contributed by atoms with Crippen LogP contribution in [-0.4, -0.2) is 64.2 Å². The van der Waals surface area contributed by atoms with Crippen molar-refractivity contribution in [2.24, 2.45) is 11.8 Å². The molecule has 0 radical (unpaired) electrons. The predicted molar refractivity (Wildman–Crippen MR) is 97.6 cm³/mol. The van der Waals surface area contributed by atoms with Gasteiger partial charge in [0.05, 0.1) is 30.6 Å². The Labute approximate surface area is 158 Å². The Hall–Kier alpha value is -2.18. The lowest BCUT2D eigenvalue weighted by atomic mass is 9.76. The van der Waals surface area contributed by atoms with Gasteiger partial charge in [0.1, 0.15) is 5.60 Å². The molecule has 6 heteroatoms. The van der Waals surface area contributed by atoms with Crippen LogP contribution in [0.4, 0.5) is 0 Å². The Morgan fingerprint density at radius 2 is 2.07 bits per heavy atom. The molecule has 1 aromatic rings. The van der Waals surface area contributed by atoms with E-state index in [1.54, 1.807) is 4.90 Å². The molecule has 1 aromatic carbocycles. The first-order chi connectivity index (χ1) is 12.9. The number of carbonyl (C=O) groups is 2. The van der Waals surface area contributed by atoms with Crippen LogP contribution in [0.15, 0.2) is 30.4 Å². The first-order valence-corrected chi connectivity index (χ1v) is 9.57. The van der Waals surface area contributed by atoms with Crippen molar-refractivity contribution in [3.8, 4) is 0 Å². The van der Waals surface area contributed by atoms with E-state index >= 15 is 0 Å². The third-order valence-electron chi connectivity index (χ3n) is 6.58. The first-order valence-electron chi connectivity index (χ1n) is 9.57. The smallest absolute Gasteiger partial charge is 0.230 e. The van der Waals surface area contributed by atoms with Crippen LogP contribution < -0.4 is 0 Å². The van der Waals surface area contributed by atoms with Crippen LogP contribution in [0.25, 0.3) is 0 Å². The Kier molecular flexibility index (Phi) is 3.55. The molecule has 1 spiro atoms. The molecule has 1 N–H and O–H groups in total. The second kappa shape index (κ2) is 5.66. The Balaban J connectivity index is 1.39. The number of aliphatic hydroxyl groups is 1. The number of ether oxygens (including phenoxy) is 1. The molecule has 0 saturated carbocycles. The zero-order valence-corrected chi connectivity index (χ0v) is 15.6. The van der Waals surface area contributed by atoms with Gasteiger partial charge in [-0.25, -0.2) is 0 Å². The van der Waals surface area contributed by atoms with Crippen molar-refractivity contribution < 1.29 is 19.4 Å². The maximum absolute atomic E-state index is 13.2. The van der Waals surface area contributed by atoms with E-state index in [2.05, 4.69) is 32.0 Å². The molecule has 0 aliphatic carbocycles. The number of carbonyl (C=O) groups excluding carboxylic acids is 2. The summed E-state index contributed by atoms with van der Waals surface area (Å²) in [4.78, 5) is 29.6. The number of rotatable bonds is 3. The standard InChI is InChI=1S/C21H24N2O4/c1-12-3-4-14(7-13(12)2)8-23-11-21-6-5-16(27-21)17(18(21)20(23)26)19(25)22-9-15(24)10-22/h3-7,15-18,24H,8-11H2,1-2H3/t16-,17+,18+,21-/m0/s1. The maximum atomic E-state index is 13.2. The molecule has 6 nitrogen and oxygen atoms in total. The number of aliphatic hydroxyl groups excluding tert-OH is 1. The molecule has 27 heavy (non-hydrogen) atoms. The highest BCUT2D eigenvalue weighted by Gasteiger charge is 2.67. The van der Waals surface area contributed by atoms with Gasteiger partial charge in [0.15, 0.2) is 0 Å². The summed E-state index contributed by atoms with van der Waals surface area (Å²) in [5, 5.41) is 9.51. The summed E-state index contributed by atoms with van der Waals surface area (Å²) in [5.41, 5.74) is 2.86. The van der Waals surface area contributed by atoms with Crippen LogP contribution in [0.3, 0.4) is 0 Å². The highest BCUT2D eigenvalue weighted by Crippen LogP contribution is 2.52. The molecular weight excluding hydrogens is 344 g/mol. The Bertz CT molecular complexity index is 860. The molecule has 0 unspecified atom stereocenters. The van der Waals surface area contributed by atoms with E-state index in [9.17, 15) is 14.7 Å². The highest BCUT2D eigenvalue weighted by molar-refractivity contribution is 5.93. The Morgan fingerprint density at radius 3 is 2.78 bits per heavy atom. The van der Waals surface area contributed by atoms with Gasteiger partial charge in [-0.2, -0.15) is 0 Å². The monoisotopic (exact) mass is 368 g/mol. The lowest BCUT2D eigenvalue weighted by molar-refractivity contribution is -0.151. The zero-order valence-electron chi connectivity index (χ0n) is 15.6. The fourth-order valence-electron chi connectivity index (χ4n) is 4.96. The van der Waals surface area contributed by atoms with E-state index in [1.807, 2.05) is 17.1 Å². The van der Waals surface area contributed by atoms with E-state index in [1.165, 1.54) is 11.1 Å². The summed E-state index contributed by atoms with van der Waals surface area (Å²) in [6.45, 7) is 5.87. The SMILES string of the molecule is Cc1ccc(CN2C[C@]34C=C[C@H](O3)[C@@H](C(=O)N3CC(O)C3)[C@@H]4C2=O)cc1C. The number of β-amino-alcohol motifs (C(OH)–C–C–N with tert-alkyl or cyclic N) is 1. The summed E-state index contributed by atoms with van der Waals surface area (Å²) in [6, 6.07) is 6.25. The molecule has 5 rings (SSSR count). The van der Waals surface area contributed by atoms with Gasteiger partial charge >= 0.3 is 0 Å². The number of hydrogen-bond donors (Lipinski definition) is 1. The number of likely N-dealkylation sites (tertiary alicyclic amines) is 2. The van der Waals surface area contributed by atoms with Gasteiger partial charge in [-0.15, -0.1) is 0 Å². The van der Waals surface area contributed by atoms with Gasteiger partial charge in [0.25, 0.3) is 0 Å². The molecule has 4 aliphatic rings. The van der Waals surface area contributed by atoms with Crippen LogP contribution in [0.2, 0.25) is 0 Å². The van der Waals surface area contributed by atoms with Crippen molar-refractivity contribution in [2.45, 2.75) is 38.2 Å². The third kappa shape index (κ3) is 2.39. The number of nitrogens with zero attached hydrogens (tertiary/aromatic N) is 2. The molecule has 4 aliphatic heterocycles. The van der Waals surface area contributed by atoms with Gasteiger partial charge in [-0.05, 0) is 30.5 Å². The van der Waals surface area contributed by atoms with Gasteiger partial charge in [-0.3, -0.25) is 9.59 Å². The fraction of sp³-hybridized carbons (Fsp3) is 0.524. The van der Waals surface area contributed by atoms with E-state index in [-0.39, 0.29) is 17.9 Å². The van der Waals surface area contributed by atoms with Crippen molar-refractivity contribution >= 4 is 11.8 Å². The van der Waals surface area contributed by atoms with Crippen molar-refractivity contribution in [1.29, 1.82) is 0 Å². The van der Waals surface area contributed by atoms with Crippen LogP contribution in [0.1, 0.15) is 16.7 Å². The summed E-state index contributed by atoms with van der Waals surface area (Å²) < 4.78 is 6.16. The lowest BCUT2D eigenvalue weighted by Crippen LogP contribution is -2.57. The average molecular weight is 368 g/mol. The van der Waals surface area contributed by atoms with Crippen LogP contribution >= 0.6 is 0 Å². The van der Waals surface area contributed by atoms with E-state index in [0.717, 1.165) is 5.56 Å². The van der Waals surface area contributed by atoms with Gasteiger partial charge in [0.2, 0.25) is 11.8 Å². The quantitative estimate of drug-likeness (QED) is 0.801. The normalized spacial score (nSPS) is 34.3. The molecule has 2 bridgehead atoms. The van der Waals surface area contributed by atoms with Gasteiger partial charge in [0, 0.05) is 19.6 Å². The largest absolute Gasteiger partial charge is 0.389 e. The van der Waals surface area contributed by atoms with Crippen LogP contribution in [-0.2, 0) is 20.9 Å². The summed E-state index contributed by atoms with van der Waals surface area (Å²) in [5.74, 6) is -0.994. The van der Waals surface area contributed by atoms with Crippen LogP contribution in [0.5, 0.6) is 0 Å². The second-order valence-corrected chi connectivity index (χ2v) is 8.41. The number of amides is 2. The molecular formula is C21H24N2O4. The molecule has 142 valence electrons. The molecule has 4 heterocycles. The van der Waals surface area contributed by atoms with E-state index in [0.29, 0.717) is 26.2 Å². The van der Waals surface area contributed by atoms with Crippen molar-refractivity contribution in [2.75, 3.05) is 19.6 Å². The van der Waals surface area contributed by atoms with Crippen LogP contribution in [0, 0.1) is 25.7 Å². The number of aryl methyl sites for hydroxylation is 2. The topological polar surface area (TPSA) is 70.1 Å². The van der Waals surface area contributed by atoms with E-state index in [4.69, 9.17) is 4.74 Å². The number of hydrogen-bond acceptors (Lipinski definition) is 4. The van der Waals surface area contributed by atoms with Gasteiger partial charge < -0.3 is 19.6 Å².